The second-order valence-corrected chi connectivity index (χ2v) is 9.43. The first-order valence-electron chi connectivity index (χ1n) is 6.02. The molecule has 0 aliphatic heterocycles. The Balaban J connectivity index is 2.67. The highest BCUT2D eigenvalue weighted by molar-refractivity contribution is 7.91. The number of rotatable bonds is 5. The summed E-state index contributed by atoms with van der Waals surface area (Å²) in [6.07, 6.45) is 3.57. The number of carboxylic acid groups (broad SMARTS) is 1. The Kier molecular flexibility index (Phi) is 5.33. The highest BCUT2D eigenvalue weighted by atomic mass is 32.2. The Morgan fingerprint density at radius 2 is 2.06 bits per heavy atom. The largest absolute Gasteiger partial charge is 0.481 e. The molecule has 0 heterocycles. The van der Waals surface area contributed by atoms with Crippen molar-refractivity contribution in [2.75, 3.05) is 6.26 Å². The van der Waals surface area contributed by atoms with Gasteiger partial charge < -0.3 is 5.11 Å². The summed E-state index contributed by atoms with van der Waals surface area (Å²) in [7, 11) is -4.36. The minimum atomic E-state index is -3.09. The van der Waals surface area contributed by atoms with Gasteiger partial charge in [-0.3, -0.25) is 9.00 Å². The number of sulfone groups is 1. The van der Waals surface area contributed by atoms with E-state index in [1.165, 1.54) is 6.26 Å². The van der Waals surface area contributed by atoms with Crippen LogP contribution in [-0.2, 0) is 25.4 Å². The summed E-state index contributed by atoms with van der Waals surface area (Å²) in [4.78, 5) is 10.6. The van der Waals surface area contributed by atoms with Crippen molar-refractivity contribution in [3.05, 3.63) is 0 Å². The molecule has 18 heavy (non-hydrogen) atoms. The normalized spacial score (nSPS) is 28.6. The molecule has 1 N–H and O–H groups in total. The van der Waals surface area contributed by atoms with E-state index >= 15 is 0 Å². The van der Waals surface area contributed by atoms with E-state index < -0.39 is 37.1 Å². The predicted octanol–water partition coefficient (Wildman–Crippen LogP) is 0.954. The molecular formula is C11H20O5S2. The third-order valence-electron chi connectivity index (χ3n) is 3.37. The lowest BCUT2D eigenvalue weighted by Gasteiger charge is -2.28. The van der Waals surface area contributed by atoms with Crippen molar-refractivity contribution >= 4 is 26.6 Å². The van der Waals surface area contributed by atoms with Crippen LogP contribution in [0.4, 0.5) is 0 Å². The molecule has 0 amide bonds. The summed E-state index contributed by atoms with van der Waals surface area (Å²) >= 11 is 0. The van der Waals surface area contributed by atoms with Gasteiger partial charge in [0.1, 0.15) is 9.84 Å². The van der Waals surface area contributed by atoms with Gasteiger partial charge in [-0.25, -0.2) is 8.42 Å². The second kappa shape index (κ2) is 6.14. The molecule has 7 heteroatoms. The van der Waals surface area contributed by atoms with Crippen molar-refractivity contribution in [3.63, 3.8) is 0 Å². The molecular weight excluding hydrogens is 276 g/mol. The molecule has 5 nitrogen and oxygen atoms in total. The average Bonchev–Trinajstić information content (AvgIpc) is 2.26. The topological polar surface area (TPSA) is 88.5 Å². The Bertz CT molecular complexity index is 429. The molecule has 4 unspecified atom stereocenters. The van der Waals surface area contributed by atoms with E-state index in [0.29, 0.717) is 12.8 Å². The van der Waals surface area contributed by atoms with Crippen LogP contribution in [0, 0.1) is 0 Å². The highest BCUT2D eigenvalue weighted by Crippen LogP contribution is 2.28. The summed E-state index contributed by atoms with van der Waals surface area (Å²) in [6, 6.07) is 0. The van der Waals surface area contributed by atoms with Crippen molar-refractivity contribution in [2.24, 2.45) is 0 Å². The summed E-state index contributed by atoms with van der Waals surface area (Å²) in [5, 5.41) is 7.65. The first kappa shape index (κ1) is 15.6. The van der Waals surface area contributed by atoms with Gasteiger partial charge in [0.2, 0.25) is 0 Å². The molecule has 1 aliphatic carbocycles. The third kappa shape index (κ3) is 4.35. The van der Waals surface area contributed by atoms with Gasteiger partial charge >= 0.3 is 5.97 Å². The molecule has 0 saturated heterocycles. The molecule has 106 valence electrons. The lowest BCUT2D eigenvalue weighted by molar-refractivity contribution is -0.136. The zero-order chi connectivity index (χ0) is 13.9. The molecule has 0 radical (unpaired) electrons. The zero-order valence-electron chi connectivity index (χ0n) is 10.7. The molecule has 1 saturated carbocycles. The van der Waals surface area contributed by atoms with Gasteiger partial charge in [0.15, 0.2) is 0 Å². The minimum Gasteiger partial charge on any atom is -0.481 e. The van der Waals surface area contributed by atoms with E-state index in [0.717, 1.165) is 12.8 Å². The maximum Gasteiger partial charge on any atom is 0.304 e. The Morgan fingerprint density at radius 3 is 2.56 bits per heavy atom. The van der Waals surface area contributed by atoms with Crippen LogP contribution in [0.5, 0.6) is 0 Å². The van der Waals surface area contributed by atoms with E-state index in [4.69, 9.17) is 5.11 Å². The van der Waals surface area contributed by atoms with Gasteiger partial charge in [-0.05, 0) is 19.3 Å². The van der Waals surface area contributed by atoms with E-state index in [-0.39, 0.29) is 11.7 Å². The maximum atomic E-state index is 12.2. The smallest absolute Gasteiger partial charge is 0.304 e. The van der Waals surface area contributed by atoms with Gasteiger partial charge in [0.25, 0.3) is 0 Å². The zero-order valence-corrected chi connectivity index (χ0v) is 12.3. The molecule has 0 bridgehead atoms. The maximum absolute atomic E-state index is 12.2. The molecule has 0 spiro atoms. The van der Waals surface area contributed by atoms with Crippen LogP contribution in [0.15, 0.2) is 0 Å². The first-order chi connectivity index (χ1) is 8.21. The van der Waals surface area contributed by atoms with Crippen LogP contribution >= 0.6 is 0 Å². The molecule has 1 rings (SSSR count). The SMILES string of the molecule is CC(CC(=O)O)S(=O)C1CCCC(S(C)(=O)=O)C1. The van der Waals surface area contributed by atoms with Crippen molar-refractivity contribution < 1.29 is 22.5 Å². The van der Waals surface area contributed by atoms with E-state index in [1.807, 2.05) is 0 Å². The second-order valence-electron chi connectivity index (χ2n) is 4.98. The molecule has 4 atom stereocenters. The molecule has 0 aromatic rings. The predicted molar refractivity (Wildman–Crippen MR) is 70.7 cm³/mol. The number of hydrogen-bond acceptors (Lipinski definition) is 4. The van der Waals surface area contributed by atoms with Crippen LogP contribution in [0.1, 0.15) is 39.0 Å². The lowest BCUT2D eigenvalue weighted by atomic mass is 10.00. The van der Waals surface area contributed by atoms with Gasteiger partial charge in [-0.2, -0.15) is 0 Å². The summed E-state index contributed by atoms with van der Waals surface area (Å²) in [5.41, 5.74) is 0. The summed E-state index contributed by atoms with van der Waals surface area (Å²) in [5.74, 6) is -0.966. The van der Waals surface area contributed by atoms with Crippen LogP contribution in [0.3, 0.4) is 0 Å². The Morgan fingerprint density at radius 1 is 1.44 bits per heavy atom. The number of hydrogen-bond donors (Lipinski definition) is 1. The number of carboxylic acids is 1. The van der Waals surface area contributed by atoms with Gasteiger partial charge in [0, 0.05) is 27.6 Å². The standard InChI is InChI=1S/C11H20O5S2/c1-8(6-11(12)13)17(14)9-4-3-5-10(7-9)18(2,15)16/h8-10H,3-7H2,1-2H3,(H,12,13). The van der Waals surface area contributed by atoms with E-state index in [1.54, 1.807) is 6.92 Å². The molecule has 1 fully saturated rings. The number of carbonyl (C=O) groups is 1. The molecule has 0 aromatic heterocycles. The molecule has 1 aliphatic rings. The van der Waals surface area contributed by atoms with Crippen LogP contribution < -0.4 is 0 Å². The van der Waals surface area contributed by atoms with Gasteiger partial charge in [-0.1, -0.05) is 13.3 Å². The van der Waals surface area contributed by atoms with Crippen LogP contribution in [0.2, 0.25) is 0 Å². The fraction of sp³-hybridized carbons (Fsp3) is 0.909. The van der Waals surface area contributed by atoms with Crippen LogP contribution in [0.25, 0.3) is 0 Å². The van der Waals surface area contributed by atoms with Crippen LogP contribution in [-0.4, -0.2) is 45.7 Å². The monoisotopic (exact) mass is 296 g/mol. The lowest BCUT2D eigenvalue weighted by Crippen LogP contribution is -2.35. The third-order valence-corrected chi connectivity index (χ3v) is 7.05. The van der Waals surface area contributed by atoms with Crippen molar-refractivity contribution in [3.8, 4) is 0 Å². The average molecular weight is 296 g/mol. The van der Waals surface area contributed by atoms with Gasteiger partial charge in [-0.15, -0.1) is 0 Å². The first-order valence-corrected chi connectivity index (χ1v) is 9.25. The Labute approximate surface area is 110 Å². The fourth-order valence-corrected chi connectivity index (χ4v) is 5.44. The van der Waals surface area contributed by atoms with E-state index in [9.17, 15) is 17.4 Å². The fourth-order valence-electron chi connectivity index (χ4n) is 2.36. The highest BCUT2D eigenvalue weighted by Gasteiger charge is 2.33. The minimum absolute atomic E-state index is 0.132. The van der Waals surface area contributed by atoms with Crippen molar-refractivity contribution in [1.82, 2.24) is 0 Å². The van der Waals surface area contributed by atoms with Crippen molar-refractivity contribution in [1.29, 1.82) is 0 Å². The summed E-state index contributed by atoms with van der Waals surface area (Å²) in [6.45, 7) is 1.65. The summed E-state index contributed by atoms with van der Waals surface area (Å²) < 4.78 is 35.2. The quantitative estimate of drug-likeness (QED) is 0.816. The van der Waals surface area contributed by atoms with Gasteiger partial charge in [0.05, 0.1) is 11.7 Å². The number of aliphatic carboxylic acids is 1. The molecule has 0 aromatic carbocycles. The Hall–Kier alpha value is -0.430. The van der Waals surface area contributed by atoms with E-state index in [2.05, 4.69) is 0 Å². The van der Waals surface area contributed by atoms with Crippen molar-refractivity contribution in [2.45, 2.75) is 54.8 Å².